The third-order valence-corrected chi connectivity index (χ3v) is 2.62. The molecule has 0 aliphatic heterocycles. The Hall–Kier alpha value is -1.15. The number of carbonyl (C=O) groups is 1. The van der Waals surface area contributed by atoms with Gasteiger partial charge in [0.25, 0.3) is 0 Å². The smallest absolute Gasteiger partial charge is 0.137 e. The van der Waals surface area contributed by atoms with Crippen molar-refractivity contribution < 1.29 is 4.79 Å². The minimum atomic E-state index is -0.372. The van der Waals surface area contributed by atoms with Gasteiger partial charge in [-0.2, -0.15) is 0 Å². The summed E-state index contributed by atoms with van der Waals surface area (Å²) in [4.78, 5) is 10.9. The highest BCUT2D eigenvalue weighted by atomic mass is 16.1. The average molecular weight is 175 g/mol. The zero-order chi connectivity index (χ0) is 9.47. The van der Waals surface area contributed by atoms with Gasteiger partial charge < -0.3 is 5.73 Å². The Labute approximate surface area is 77.8 Å². The van der Waals surface area contributed by atoms with Gasteiger partial charge in [0.05, 0.1) is 5.54 Å². The van der Waals surface area contributed by atoms with E-state index >= 15 is 0 Å². The van der Waals surface area contributed by atoms with Crippen LogP contribution in [0, 0.1) is 6.92 Å². The summed E-state index contributed by atoms with van der Waals surface area (Å²) in [6.45, 7) is 2.04. The van der Waals surface area contributed by atoms with Crippen LogP contribution in [0.5, 0.6) is 0 Å². The average Bonchev–Trinajstić information content (AvgIpc) is 2.02. The number of aryl methyl sites for hydroxylation is 1. The summed E-state index contributed by atoms with van der Waals surface area (Å²) >= 11 is 0. The molecule has 0 bridgehead atoms. The van der Waals surface area contributed by atoms with Gasteiger partial charge in [0, 0.05) is 12.8 Å². The van der Waals surface area contributed by atoms with Crippen molar-refractivity contribution in [3.8, 4) is 0 Å². The SMILES string of the molecule is Cc1cccc(C2(N)CC(=O)C2)c1. The number of ketones is 1. The lowest BCUT2D eigenvalue weighted by molar-refractivity contribution is -0.128. The van der Waals surface area contributed by atoms with Gasteiger partial charge in [-0.15, -0.1) is 0 Å². The van der Waals surface area contributed by atoms with E-state index in [4.69, 9.17) is 5.73 Å². The highest BCUT2D eigenvalue weighted by molar-refractivity contribution is 5.88. The fourth-order valence-corrected chi connectivity index (χ4v) is 1.81. The Morgan fingerprint density at radius 3 is 2.62 bits per heavy atom. The molecular weight excluding hydrogens is 162 g/mol. The van der Waals surface area contributed by atoms with E-state index in [-0.39, 0.29) is 11.3 Å². The standard InChI is InChI=1S/C11H13NO/c1-8-3-2-4-9(5-8)11(12)6-10(13)7-11/h2-5H,6-7,12H2,1H3. The van der Waals surface area contributed by atoms with Crippen LogP contribution in [0.15, 0.2) is 24.3 Å². The third kappa shape index (κ3) is 1.38. The van der Waals surface area contributed by atoms with Gasteiger partial charge in [-0.1, -0.05) is 29.8 Å². The second-order valence-corrected chi connectivity index (χ2v) is 3.92. The maximum absolute atomic E-state index is 10.9. The molecular formula is C11H13NO. The van der Waals surface area contributed by atoms with Crippen LogP contribution in [0.3, 0.4) is 0 Å². The predicted octanol–water partition coefficient (Wildman–Crippen LogP) is 1.51. The first-order valence-electron chi connectivity index (χ1n) is 4.48. The second-order valence-electron chi connectivity index (χ2n) is 3.92. The van der Waals surface area contributed by atoms with Crippen molar-refractivity contribution in [3.05, 3.63) is 35.4 Å². The van der Waals surface area contributed by atoms with Gasteiger partial charge in [0.1, 0.15) is 5.78 Å². The van der Waals surface area contributed by atoms with Gasteiger partial charge in [-0.05, 0) is 12.5 Å². The van der Waals surface area contributed by atoms with E-state index in [1.807, 2.05) is 25.1 Å². The molecule has 1 aliphatic rings. The number of rotatable bonds is 1. The van der Waals surface area contributed by atoms with E-state index in [2.05, 4.69) is 6.07 Å². The molecule has 13 heavy (non-hydrogen) atoms. The van der Waals surface area contributed by atoms with Gasteiger partial charge in [-0.3, -0.25) is 4.79 Å². The minimum absolute atomic E-state index is 0.268. The monoisotopic (exact) mass is 175 g/mol. The molecule has 0 amide bonds. The molecule has 1 fully saturated rings. The first-order chi connectivity index (χ1) is 6.10. The first-order valence-corrected chi connectivity index (χ1v) is 4.48. The van der Waals surface area contributed by atoms with E-state index in [1.54, 1.807) is 0 Å². The van der Waals surface area contributed by atoms with Crippen molar-refractivity contribution in [3.63, 3.8) is 0 Å². The van der Waals surface area contributed by atoms with Crippen LogP contribution in [0.1, 0.15) is 24.0 Å². The fraction of sp³-hybridized carbons (Fsp3) is 0.364. The van der Waals surface area contributed by atoms with Gasteiger partial charge in [0.2, 0.25) is 0 Å². The molecule has 0 radical (unpaired) electrons. The molecule has 1 aliphatic carbocycles. The Bertz CT molecular complexity index is 349. The topological polar surface area (TPSA) is 43.1 Å². The number of hydrogen-bond acceptors (Lipinski definition) is 2. The molecule has 2 N–H and O–H groups in total. The van der Waals surface area contributed by atoms with Gasteiger partial charge in [-0.25, -0.2) is 0 Å². The maximum Gasteiger partial charge on any atom is 0.137 e. The number of nitrogens with two attached hydrogens (primary N) is 1. The van der Waals surface area contributed by atoms with Crippen LogP contribution in [0.4, 0.5) is 0 Å². The lowest BCUT2D eigenvalue weighted by Gasteiger charge is -2.37. The summed E-state index contributed by atoms with van der Waals surface area (Å²) in [5.74, 6) is 0.268. The summed E-state index contributed by atoms with van der Waals surface area (Å²) in [5.41, 5.74) is 7.98. The third-order valence-electron chi connectivity index (χ3n) is 2.62. The van der Waals surface area contributed by atoms with E-state index in [0.29, 0.717) is 12.8 Å². The summed E-state index contributed by atoms with van der Waals surface area (Å²) in [7, 11) is 0. The Morgan fingerprint density at radius 1 is 1.38 bits per heavy atom. The van der Waals surface area contributed by atoms with E-state index in [9.17, 15) is 4.79 Å². The van der Waals surface area contributed by atoms with Crippen LogP contribution in [0.25, 0.3) is 0 Å². The molecule has 1 saturated carbocycles. The van der Waals surface area contributed by atoms with E-state index in [1.165, 1.54) is 5.56 Å². The molecule has 2 nitrogen and oxygen atoms in total. The summed E-state index contributed by atoms with van der Waals surface area (Å²) in [5, 5.41) is 0. The Balaban J connectivity index is 2.31. The molecule has 0 atom stereocenters. The van der Waals surface area contributed by atoms with Crippen molar-refractivity contribution >= 4 is 5.78 Å². The Morgan fingerprint density at radius 2 is 2.08 bits per heavy atom. The molecule has 0 saturated heterocycles. The molecule has 0 spiro atoms. The summed E-state index contributed by atoms with van der Waals surface area (Å²) in [6, 6.07) is 8.08. The van der Waals surface area contributed by atoms with Crippen LogP contribution < -0.4 is 5.73 Å². The van der Waals surface area contributed by atoms with Gasteiger partial charge >= 0.3 is 0 Å². The normalized spacial score (nSPS) is 19.7. The molecule has 0 aromatic heterocycles. The van der Waals surface area contributed by atoms with Crippen molar-refractivity contribution in [2.75, 3.05) is 0 Å². The predicted molar refractivity (Wildman–Crippen MR) is 51.3 cm³/mol. The molecule has 2 rings (SSSR count). The zero-order valence-electron chi connectivity index (χ0n) is 7.71. The van der Waals surface area contributed by atoms with Gasteiger partial charge in [0.15, 0.2) is 0 Å². The van der Waals surface area contributed by atoms with Crippen LogP contribution in [0.2, 0.25) is 0 Å². The van der Waals surface area contributed by atoms with Crippen LogP contribution in [-0.2, 0) is 10.3 Å². The highest BCUT2D eigenvalue weighted by Crippen LogP contribution is 2.35. The number of Topliss-reactive ketones (excluding diaryl/α,β-unsaturated/α-hetero) is 1. The quantitative estimate of drug-likeness (QED) is 0.703. The maximum atomic E-state index is 10.9. The number of carbonyl (C=O) groups excluding carboxylic acids is 1. The molecule has 1 aromatic rings. The number of benzene rings is 1. The van der Waals surface area contributed by atoms with Crippen LogP contribution in [-0.4, -0.2) is 5.78 Å². The molecule has 68 valence electrons. The fourth-order valence-electron chi connectivity index (χ4n) is 1.81. The van der Waals surface area contributed by atoms with Crippen molar-refractivity contribution in [2.45, 2.75) is 25.3 Å². The molecule has 0 unspecified atom stereocenters. The van der Waals surface area contributed by atoms with Crippen molar-refractivity contribution in [1.82, 2.24) is 0 Å². The first kappa shape index (κ1) is 8.45. The largest absolute Gasteiger partial charge is 0.321 e. The van der Waals surface area contributed by atoms with E-state index < -0.39 is 0 Å². The van der Waals surface area contributed by atoms with E-state index in [0.717, 1.165) is 5.56 Å². The molecule has 1 aromatic carbocycles. The summed E-state index contributed by atoms with van der Waals surface area (Å²) < 4.78 is 0. The minimum Gasteiger partial charge on any atom is -0.321 e. The summed E-state index contributed by atoms with van der Waals surface area (Å²) in [6.07, 6.45) is 0.993. The lowest BCUT2D eigenvalue weighted by Crippen LogP contribution is -2.49. The molecule has 2 heteroatoms. The lowest BCUT2D eigenvalue weighted by atomic mass is 9.71. The second kappa shape index (κ2) is 2.67. The van der Waals surface area contributed by atoms with Crippen LogP contribution >= 0.6 is 0 Å². The Kier molecular flexibility index (Phi) is 1.74. The zero-order valence-corrected chi connectivity index (χ0v) is 7.71. The number of hydrogen-bond donors (Lipinski definition) is 1. The molecule has 0 heterocycles. The van der Waals surface area contributed by atoms with Crippen molar-refractivity contribution in [1.29, 1.82) is 0 Å². The van der Waals surface area contributed by atoms with Crippen molar-refractivity contribution in [2.24, 2.45) is 5.73 Å². The highest BCUT2D eigenvalue weighted by Gasteiger charge is 2.41.